The van der Waals surface area contributed by atoms with Crippen LogP contribution in [0.4, 0.5) is 0 Å². The van der Waals surface area contributed by atoms with Gasteiger partial charge in [0.15, 0.2) is 0 Å². The molecule has 1 aliphatic heterocycles. The smallest absolute Gasteiger partial charge is 0.251 e. The number of pyridine rings is 1. The van der Waals surface area contributed by atoms with Crippen molar-refractivity contribution >= 4 is 10.9 Å². The van der Waals surface area contributed by atoms with Gasteiger partial charge in [0.1, 0.15) is 11.9 Å². The molecule has 0 amide bonds. The van der Waals surface area contributed by atoms with Crippen molar-refractivity contribution < 1.29 is 4.74 Å². The summed E-state index contributed by atoms with van der Waals surface area (Å²) in [5.74, 6) is 0.946. The molecule has 0 spiro atoms. The zero-order chi connectivity index (χ0) is 15.1. The van der Waals surface area contributed by atoms with Gasteiger partial charge in [-0.3, -0.25) is 4.79 Å². The molecule has 1 aromatic heterocycles. The molecule has 0 bridgehead atoms. The molecule has 2 atom stereocenters. The molecular weight excluding hydrogens is 268 g/mol. The fourth-order valence-corrected chi connectivity index (χ4v) is 2.89. The van der Waals surface area contributed by atoms with E-state index in [0.29, 0.717) is 12.1 Å². The molecule has 2 aromatic rings. The van der Waals surface area contributed by atoms with Crippen molar-refractivity contribution in [3.8, 4) is 5.75 Å². The summed E-state index contributed by atoms with van der Waals surface area (Å²) in [6.45, 7) is 6.12. The molecule has 0 aliphatic carbocycles. The number of rotatable bonds is 2. The van der Waals surface area contributed by atoms with Crippen LogP contribution < -0.4 is 10.3 Å². The number of H-pyrrole nitrogens is 1. The highest BCUT2D eigenvalue weighted by Crippen LogP contribution is 2.43. The summed E-state index contributed by atoms with van der Waals surface area (Å²) in [4.78, 5) is 17.5. The number of hydrogen-bond acceptors (Lipinski definition) is 3. The third kappa shape index (κ3) is 2.04. The van der Waals surface area contributed by atoms with E-state index in [1.165, 1.54) is 0 Å². The Hall–Kier alpha value is -2.46. The standard InChI is InChI=1S/C15H16N4O2/c1-7-4-10-9(3)12(6-17-19-16)21-14(10)11-5-8(2)15(20)18-13(7)11/h4-5,9,12H,6H2,1-3H3,(H,18,20). The van der Waals surface area contributed by atoms with Crippen LogP contribution in [0.25, 0.3) is 21.3 Å². The van der Waals surface area contributed by atoms with Gasteiger partial charge in [0.25, 0.3) is 5.56 Å². The van der Waals surface area contributed by atoms with Crippen molar-refractivity contribution in [3.05, 3.63) is 49.6 Å². The quantitative estimate of drug-likeness (QED) is 0.520. The van der Waals surface area contributed by atoms with E-state index >= 15 is 0 Å². The maximum Gasteiger partial charge on any atom is 0.251 e. The Balaban J connectivity index is 2.22. The van der Waals surface area contributed by atoms with Gasteiger partial charge < -0.3 is 9.72 Å². The topological polar surface area (TPSA) is 90.9 Å². The molecule has 2 unspecified atom stereocenters. The zero-order valence-electron chi connectivity index (χ0n) is 12.2. The van der Waals surface area contributed by atoms with E-state index in [2.05, 4.69) is 21.9 Å². The minimum absolute atomic E-state index is 0.0813. The molecule has 1 aliphatic rings. The maximum atomic E-state index is 11.8. The minimum Gasteiger partial charge on any atom is -0.489 e. The highest BCUT2D eigenvalue weighted by atomic mass is 16.5. The Labute approximate surface area is 121 Å². The van der Waals surface area contributed by atoms with E-state index in [1.54, 1.807) is 6.92 Å². The SMILES string of the molecule is Cc1cc2c3c(cc(C)c2[nH]c1=O)C(C)C(CN=[N+]=[N-])O3. The molecule has 6 nitrogen and oxygen atoms in total. The number of nitrogens with zero attached hydrogens (tertiary/aromatic N) is 3. The average molecular weight is 284 g/mol. The van der Waals surface area contributed by atoms with E-state index < -0.39 is 0 Å². The van der Waals surface area contributed by atoms with Gasteiger partial charge in [-0.25, -0.2) is 0 Å². The van der Waals surface area contributed by atoms with Crippen molar-refractivity contribution in [3.63, 3.8) is 0 Å². The van der Waals surface area contributed by atoms with Crippen LogP contribution in [-0.4, -0.2) is 17.6 Å². The predicted octanol–water partition coefficient (Wildman–Crippen LogP) is 3.32. The van der Waals surface area contributed by atoms with Gasteiger partial charge in [0.05, 0.1) is 12.1 Å². The molecule has 0 radical (unpaired) electrons. The van der Waals surface area contributed by atoms with Crippen LogP contribution >= 0.6 is 0 Å². The molecule has 2 heterocycles. The van der Waals surface area contributed by atoms with Gasteiger partial charge in [-0.1, -0.05) is 12.0 Å². The van der Waals surface area contributed by atoms with Crippen molar-refractivity contribution in [1.82, 2.24) is 4.98 Å². The lowest BCUT2D eigenvalue weighted by Gasteiger charge is -2.11. The second-order valence-corrected chi connectivity index (χ2v) is 5.54. The Morgan fingerprint density at radius 3 is 2.86 bits per heavy atom. The van der Waals surface area contributed by atoms with Crippen molar-refractivity contribution in [2.24, 2.45) is 5.11 Å². The Morgan fingerprint density at radius 2 is 2.14 bits per heavy atom. The number of fused-ring (bicyclic) bond motifs is 3. The lowest BCUT2D eigenvalue weighted by atomic mass is 9.94. The summed E-state index contributed by atoms with van der Waals surface area (Å²) in [6, 6.07) is 3.91. The van der Waals surface area contributed by atoms with Gasteiger partial charge in [0.2, 0.25) is 0 Å². The summed E-state index contributed by atoms with van der Waals surface area (Å²) < 4.78 is 6.00. The first-order valence-corrected chi connectivity index (χ1v) is 6.87. The van der Waals surface area contributed by atoms with Crippen molar-refractivity contribution in [2.75, 3.05) is 6.54 Å². The van der Waals surface area contributed by atoms with Crippen LogP contribution in [0.3, 0.4) is 0 Å². The third-order valence-electron chi connectivity index (χ3n) is 4.14. The Bertz CT molecular complexity index is 834. The number of nitrogens with one attached hydrogen (secondary N) is 1. The van der Waals surface area contributed by atoms with E-state index in [9.17, 15) is 4.79 Å². The number of aromatic amines is 1. The molecule has 1 N–H and O–H groups in total. The molecular formula is C15H16N4O2. The van der Waals surface area contributed by atoms with Crippen LogP contribution in [0.5, 0.6) is 5.75 Å². The summed E-state index contributed by atoms with van der Waals surface area (Å²) in [5.41, 5.74) is 12.0. The fraction of sp³-hybridized carbons (Fsp3) is 0.400. The summed E-state index contributed by atoms with van der Waals surface area (Å²) in [6.07, 6.45) is -0.159. The third-order valence-corrected chi connectivity index (χ3v) is 4.14. The van der Waals surface area contributed by atoms with Gasteiger partial charge >= 0.3 is 0 Å². The average Bonchev–Trinajstić information content (AvgIpc) is 2.76. The Kier molecular flexibility index (Phi) is 3.11. The fourth-order valence-electron chi connectivity index (χ4n) is 2.89. The number of aryl methyl sites for hydroxylation is 2. The maximum absolute atomic E-state index is 11.8. The second kappa shape index (κ2) is 4.82. The lowest BCUT2D eigenvalue weighted by molar-refractivity contribution is 0.221. The van der Waals surface area contributed by atoms with Gasteiger partial charge in [0, 0.05) is 27.3 Å². The minimum atomic E-state index is -0.159. The number of azide groups is 1. The lowest BCUT2D eigenvalue weighted by Crippen LogP contribution is -2.19. The van der Waals surface area contributed by atoms with Crippen LogP contribution in [0, 0.1) is 13.8 Å². The second-order valence-electron chi connectivity index (χ2n) is 5.54. The van der Waals surface area contributed by atoms with Crippen LogP contribution in [0.2, 0.25) is 0 Å². The van der Waals surface area contributed by atoms with E-state index in [4.69, 9.17) is 10.3 Å². The summed E-state index contributed by atoms with van der Waals surface area (Å²) >= 11 is 0. The van der Waals surface area contributed by atoms with Crippen LogP contribution in [0.1, 0.15) is 29.5 Å². The molecule has 21 heavy (non-hydrogen) atoms. The molecule has 6 heteroatoms. The van der Waals surface area contributed by atoms with Crippen molar-refractivity contribution in [1.29, 1.82) is 0 Å². The molecule has 3 rings (SSSR count). The molecule has 0 saturated heterocycles. The molecule has 1 aromatic carbocycles. The monoisotopic (exact) mass is 284 g/mol. The van der Waals surface area contributed by atoms with Gasteiger partial charge in [-0.15, -0.1) is 0 Å². The largest absolute Gasteiger partial charge is 0.489 e. The van der Waals surface area contributed by atoms with E-state index in [1.807, 2.05) is 19.1 Å². The summed E-state index contributed by atoms with van der Waals surface area (Å²) in [7, 11) is 0. The van der Waals surface area contributed by atoms with E-state index in [0.717, 1.165) is 27.8 Å². The molecule has 0 fully saturated rings. The predicted molar refractivity (Wildman–Crippen MR) is 80.9 cm³/mol. The normalized spacial score (nSPS) is 20.0. The molecule has 0 saturated carbocycles. The number of ether oxygens (including phenoxy) is 1. The van der Waals surface area contributed by atoms with Gasteiger partial charge in [-0.2, -0.15) is 0 Å². The number of benzene rings is 1. The Morgan fingerprint density at radius 1 is 1.38 bits per heavy atom. The van der Waals surface area contributed by atoms with E-state index in [-0.39, 0.29) is 17.6 Å². The van der Waals surface area contributed by atoms with Crippen molar-refractivity contribution in [2.45, 2.75) is 32.8 Å². The first-order chi connectivity index (χ1) is 10.0. The summed E-state index contributed by atoms with van der Waals surface area (Å²) in [5, 5.41) is 4.53. The van der Waals surface area contributed by atoms with Crippen LogP contribution in [0.15, 0.2) is 22.0 Å². The number of aromatic nitrogens is 1. The zero-order valence-corrected chi connectivity index (χ0v) is 12.2. The number of hydrogen-bond donors (Lipinski definition) is 1. The molecule has 108 valence electrons. The highest BCUT2D eigenvalue weighted by Gasteiger charge is 2.32. The first kappa shape index (κ1) is 13.5. The first-order valence-electron chi connectivity index (χ1n) is 6.87. The highest BCUT2D eigenvalue weighted by molar-refractivity contribution is 5.90. The van der Waals surface area contributed by atoms with Gasteiger partial charge in [-0.05, 0) is 37.1 Å². The van der Waals surface area contributed by atoms with Crippen LogP contribution in [-0.2, 0) is 0 Å².